The van der Waals surface area contributed by atoms with Gasteiger partial charge in [-0.3, -0.25) is 9.47 Å². The van der Waals surface area contributed by atoms with E-state index in [1.54, 1.807) is 6.33 Å². The largest absolute Gasteiger partial charge is 0.367 e. The number of hydrogen-bond acceptors (Lipinski definition) is 4. The second-order valence-electron chi connectivity index (χ2n) is 9.20. The average molecular weight is 418 g/mol. The van der Waals surface area contributed by atoms with Crippen molar-refractivity contribution in [2.75, 3.05) is 31.6 Å². The number of likely N-dealkylation sites (N-methyl/N-ethyl adjacent to an activating group) is 1. The molecule has 0 radical (unpaired) electrons. The number of carbonyl (C=O) groups excluding carboxylic acids is 1. The Morgan fingerprint density at radius 2 is 2.00 bits per heavy atom. The molecule has 8 heteroatoms. The van der Waals surface area contributed by atoms with Crippen LogP contribution in [0.4, 0.5) is 19.3 Å². The van der Waals surface area contributed by atoms with Gasteiger partial charge in [-0.15, -0.1) is 0 Å². The van der Waals surface area contributed by atoms with Crippen LogP contribution in [0, 0.1) is 5.92 Å². The molecule has 2 bridgehead atoms. The molecule has 5 rings (SSSR count). The minimum atomic E-state index is -2.53. The number of benzene rings is 1. The number of imidazole rings is 1. The van der Waals surface area contributed by atoms with Crippen molar-refractivity contribution < 1.29 is 13.6 Å². The number of nitrogens with one attached hydrogen (secondary N) is 1. The Labute approximate surface area is 175 Å². The number of carbonyl (C=O) groups is 1. The lowest BCUT2D eigenvalue weighted by Crippen LogP contribution is -2.52. The van der Waals surface area contributed by atoms with E-state index in [9.17, 15) is 13.6 Å². The highest BCUT2D eigenvalue weighted by Gasteiger charge is 2.39. The Morgan fingerprint density at radius 1 is 1.23 bits per heavy atom. The fourth-order valence-corrected chi connectivity index (χ4v) is 5.51. The quantitative estimate of drug-likeness (QED) is 0.824. The van der Waals surface area contributed by atoms with Gasteiger partial charge >= 0.3 is 6.03 Å². The van der Waals surface area contributed by atoms with Gasteiger partial charge in [0.05, 0.1) is 11.2 Å². The van der Waals surface area contributed by atoms with Crippen LogP contribution < -0.4 is 10.2 Å². The molecule has 30 heavy (non-hydrogen) atoms. The summed E-state index contributed by atoms with van der Waals surface area (Å²) in [5.41, 5.74) is 2.70. The molecular formula is C22H29F2N5O. The number of nitrogens with zero attached hydrogens (tertiary/aromatic N) is 4. The van der Waals surface area contributed by atoms with E-state index in [0.29, 0.717) is 31.5 Å². The van der Waals surface area contributed by atoms with Crippen LogP contribution in [-0.2, 0) is 0 Å². The zero-order valence-electron chi connectivity index (χ0n) is 17.4. The van der Waals surface area contributed by atoms with E-state index < -0.39 is 5.92 Å². The Bertz CT molecular complexity index is 931. The first kappa shape index (κ1) is 19.7. The van der Waals surface area contributed by atoms with Crippen molar-refractivity contribution in [3.63, 3.8) is 0 Å². The normalized spacial score (nSPS) is 28.4. The predicted molar refractivity (Wildman–Crippen MR) is 112 cm³/mol. The van der Waals surface area contributed by atoms with Crippen molar-refractivity contribution >= 4 is 22.8 Å². The molecule has 6 nitrogen and oxygen atoms in total. The lowest BCUT2D eigenvalue weighted by atomic mass is 10.0. The Hall–Kier alpha value is -2.22. The first-order chi connectivity index (χ1) is 14.4. The third-order valence-corrected chi connectivity index (χ3v) is 7.30. The van der Waals surface area contributed by atoms with E-state index in [1.807, 2.05) is 12.1 Å². The standard InChI is InChI=1S/C22H29F2N5O/c1-27-16-5-6-17(27)13-28(12-16)18-3-2-4-19-20(18)26-14-29(19)21(30)25-10-8-15-7-9-22(23,24)11-15/h2-4,14-17H,5-13H2,1H3,(H,25,30). The maximum Gasteiger partial charge on any atom is 0.327 e. The number of fused-ring (bicyclic) bond motifs is 3. The van der Waals surface area contributed by atoms with Gasteiger partial charge in [0.25, 0.3) is 0 Å². The van der Waals surface area contributed by atoms with Crippen LogP contribution in [0.3, 0.4) is 0 Å². The first-order valence-corrected chi connectivity index (χ1v) is 11.0. The van der Waals surface area contributed by atoms with Crippen LogP contribution in [0.1, 0.15) is 38.5 Å². The van der Waals surface area contributed by atoms with Crippen LogP contribution in [0.5, 0.6) is 0 Å². The Morgan fingerprint density at radius 3 is 2.70 bits per heavy atom. The molecule has 2 aliphatic heterocycles. The predicted octanol–water partition coefficient (Wildman–Crippen LogP) is 3.70. The monoisotopic (exact) mass is 417 g/mol. The third-order valence-electron chi connectivity index (χ3n) is 7.30. The molecule has 3 heterocycles. The molecule has 3 unspecified atom stereocenters. The summed E-state index contributed by atoms with van der Waals surface area (Å²) in [4.78, 5) is 22.2. The molecule has 3 fully saturated rings. The molecule has 3 aliphatic rings. The fourth-order valence-electron chi connectivity index (χ4n) is 5.51. The first-order valence-electron chi connectivity index (χ1n) is 11.0. The van der Waals surface area contributed by atoms with Crippen molar-refractivity contribution in [1.29, 1.82) is 0 Å². The number of para-hydroxylation sites is 1. The molecule has 1 aromatic heterocycles. The minimum absolute atomic E-state index is 0.0148. The van der Waals surface area contributed by atoms with Crippen molar-refractivity contribution in [3.05, 3.63) is 24.5 Å². The van der Waals surface area contributed by atoms with E-state index in [2.05, 4.69) is 33.2 Å². The molecule has 1 aliphatic carbocycles. The molecule has 2 saturated heterocycles. The van der Waals surface area contributed by atoms with Crippen molar-refractivity contribution in [2.24, 2.45) is 5.92 Å². The topological polar surface area (TPSA) is 53.4 Å². The van der Waals surface area contributed by atoms with Gasteiger partial charge in [0.1, 0.15) is 11.8 Å². The lowest BCUT2D eigenvalue weighted by Gasteiger charge is -2.40. The number of anilines is 1. The maximum atomic E-state index is 13.3. The van der Waals surface area contributed by atoms with Gasteiger partial charge in [0.15, 0.2) is 0 Å². The molecule has 1 aromatic carbocycles. The van der Waals surface area contributed by atoms with Gasteiger partial charge in [-0.1, -0.05) is 6.07 Å². The van der Waals surface area contributed by atoms with E-state index in [-0.39, 0.29) is 24.8 Å². The summed E-state index contributed by atoms with van der Waals surface area (Å²) in [6, 6.07) is 6.87. The summed E-state index contributed by atoms with van der Waals surface area (Å²) >= 11 is 0. The minimum Gasteiger partial charge on any atom is -0.367 e. The van der Waals surface area contributed by atoms with Gasteiger partial charge in [0.2, 0.25) is 5.92 Å². The Balaban J connectivity index is 1.27. The van der Waals surface area contributed by atoms with E-state index in [1.165, 1.54) is 17.4 Å². The van der Waals surface area contributed by atoms with Crippen molar-refractivity contribution in [3.8, 4) is 0 Å². The van der Waals surface area contributed by atoms with Crippen LogP contribution in [-0.4, -0.2) is 65.2 Å². The average Bonchev–Trinajstić information content (AvgIpc) is 3.34. The number of alkyl halides is 2. The lowest BCUT2D eigenvalue weighted by molar-refractivity contribution is 0.00478. The number of rotatable bonds is 4. The van der Waals surface area contributed by atoms with Gasteiger partial charge in [-0.25, -0.2) is 18.6 Å². The van der Waals surface area contributed by atoms with E-state index in [0.717, 1.165) is 29.8 Å². The van der Waals surface area contributed by atoms with E-state index >= 15 is 0 Å². The van der Waals surface area contributed by atoms with Gasteiger partial charge < -0.3 is 10.2 Å². The molecule has 1 saturated carbocycles. The summed E-state index contributed by atoms with van der Waals surface area (Å²) in [6.45, 7) is 2.37. The van der Waals surface area contributed by atoms with Crippen LogP contribution in [0.2, 0.25) is 0 Å². The number of amides is 1. The molecule has 162 valence electrons. The van der Waals surface area contributed by atoms with Crippen molar-refractivity contribution in [2.45, 2.75) is 56.5 Å². The SMILES string of the molecule is CN1C2CCC1CN(c1cccc3c1ncn3C(=O)NCCC1CCC(F)(F)C1)C2. The fraction of sp³-hybridized carbons (Fsp3) is 0.636. The van der Waals surface area contributed by atoms with E-state index in [4.69, 9.17) is 0 Å². The zero-order chi connectivity index (χ0) is 20.9. The summed E-state index contributed by atoms with van der Waals surface area (Å²) < 4.78 is 28.2. The Kier molecular flexibility index (Phi) is 4.92. The van der Waals surface area contributed by atoms with Crippen LogP contribution in [0.15, 0.2) is 24.5 Å². The number of hydrogen-bond donors (Lipinski definition) is 1. The molecule has 0 spiro atoms. The van der Waals surface area contributed by atoms with Gasteiger partial charge in [-0.2, -0.15) is 0 Å². The summed E-state index contributed by atoms with van der Waals surface area (Å²) in [5, 5.41) is 2.88. The second-order valence-corrected chi connectivity index (χ2v) is 9.20. The summed E-state index contributed by atoms with van der Waals surface area (Å²) in [5.74, 6) is -2.55. The third kappa shape index (κ3) is 3.55. The highest BCUT2D eigenvalue weighted by Crippen LogP contribution is 2.40. The van der Waals surface area contributed by atoms with Crippen molar-refractivity contribution in [1.82, 2.24) is 19.8 Å². The summed E-state index contributed by atoms with van der Waals surface area (Å²) in [6.07, 6.45) is 5.06. The highest BCUT2D eigenvalue weighted by molar-refractivity contribution is 5.95. The van der Waals surface area contributed by atoms with Gasteiger partial charge in [-0.05, 0) is 50.8 Å². The van der Waals surface area contributed by atoms with Crippen LogP contribution >= 0.6 is 0 Å². The zero-order valence-corrected chi connectivity index (χ0v) is 17.4. The molecule has 1 amide bonds. The number of halogens is 2. The van der Waals surface area contributed by atoms with Gasteiger partial charge in [0, 0.05) is 44.6 Å². The molecule has 1 N–H and O–H groups in total. The number of aromatic nitrogens is 2. The molecular weight excluding hydrogens is 388 g/mol. The second kappa shape index (κ2) is 7.48. The highest BCUT2D eigenvalue weighted by atomic mass is 19.3. The molecule has 3 atom stereocenters. The van der Waals surface area contributed by atoms with Crippen LogP contribution in [0.25, 0.3) is 11.0 Å². The maximum absolute atomic E-state index is 13.3. The number of piperazine rings is 1. The summed E-state index contributed by atoms with van der Waals surface area (Å²) in [7, 11) is 2.21. The molecule has 2 aromatic rings. The smallest absolute Gasteiger partial charge is 0.327 e.